The van der Waals surface area contributed by atoms with Gasteiger partial charge in [-0.1, -0.05) is 0 Å². The quantitative estimate of drug-likeness (QED) is 0.824. The van der Waals surface area contributed by atoms with E-state index in [1.165, 1.54) is 11.3 Å². The summed E-state index contributed by atoms with van der Waals surface area (Å²) in [6.07, 6.45) is 2.23. The summed E-state index contributed by atoms with van der Waals surface area (Å²) in [5.41, 5.74) is 3.35. The fourth-order valence-corrected chi connectivity index (χ4v) is 1.92. The lowest BCUT2D eigenvalue weighted by Crippen LogP contribution is -2.31. The minimum absolute atomic E-state index is 0.0591. The first-order chi connectivity index (χ1) is 8.20. The number of rotatable bonds is 2. The smallest absolute Gasteiger partial charge is 0.321 e. The van der Waals surface area contributed by atoms with Crippen molar-refractivity contribution in [3.05, 3.63) is 23.8 Å². The number of hydrogen-bond donors (Lipinski definition) is 2. The van der Waals surface area contributed by atoms with Crippen LogP contribution in [0.5, 0.6) is 0 Å². The molecule has 0 spiro atoms. The van der Waals surface area contributed by atoms with E-state index in [0.717, 1.165) is 25.1 Å². The molecule has 2 amide bonds. The van der Waals surface area contributed by atoms with Crippen molar-refractivity contribution in [3.63, 3.8) is 0 Å². The SMILES string of the molecule is CCN(C)C(=O)Nc1ccc2c(c1)CCCN2. The van der Waals surface area contributed by atoms with Gasteiger partial charge in [0.15, 0.2) is 0 Å². The maximum Gasteiger partial charge on any atom is 0.321 e. The Kier molecular flexibility index (Phi) is 3.52. The first-order valence-electron chi connectivity index (χ1n) is 6.09. The van der Waals surface area contributed by atoms with Gasteiger partial charge in [0.05, 0.1) is 0 Å². The van der Waals surface area contributed by atoms with Crippen LogP contribution in [0, 0.1) is 0 Å². The zero-order chi connectivity index (χ0) is 12.3. The van der Waals surface area contributed by atoms with Crippen LogP contribution in [0.1, 0.15) is 18.9 Å². The van der Waals surface area contributed by atoms with Crippen LogP contribution >= 0.6 is 0 Å². The second kappa shape index (κ2) is 5.08. The van der Waals surface area contributed by atoms with E-state index in [4.69, 9.17) is 0 Å². The van der Waals surface area contributed by atoms with Crippen molar-refractivity contribution in [2.24, 2.45) is 0 Å². The zero-order valence-electron chi connectivity index (χ0n) is 10.4. The minimum Gasteiger partial charge on any atom is -0.385 e. The number of nitrogens with one attached hydrogen (secondary N) is 2. The molecule has 1 aliphatic heterocycles. The third kappa shape index (κ3) is 2.70. The number of aryl methyl sites for hydroxylation is 1. The second-order valence-electron chi connectivity index (χ2n) is 4.35. The van der Waals surface area contributed by atoms with Crippen molar-refractivity contribution in [3.8, 4) is 0 Å². The van der Waals surface area contributed by atoms with Crippen LogP contribution in [-0.2, 0) is 6.42 Å². The highest BCUT2D eigenvalue weighted by atomic mass is 16.2. The van der Waals surface area contributed by atoms with Crippen LogP contribution in [0.15, 0.2) is 18.2 Å². The first-order valence-corrected chi connectivity index (χ1v) is 6.09. The molecule has 0 saturated carbocycles. The van der Waals surface area contributed by atoms with E-state index in [1.54, 1.807) is 11.9 Å². The molecule has 0 unspecified atom stereocenters. The van der Waals surface area contributed by atoms with Crippen molar-refractivity contribution < 1.29 is 4.79 Å². The van der Waals surface area contributed by atoms with Crippen LogP contribution in [-0.4, -0.2) is 31.1 Å². The Bertz CT molecular complexity index is 417. The van der Waals surface area contributed by atoms with E-state index in [9.17, 15) is 4.79 Å². The zero-order valence-corrected chi connectivity index (χ0v) is 10.4. The van der Waals surface area contributed by atoms with E-state index < -0.39 is 0 Å². The molecule has 0 saturated heterocycles. The third-order valence-corrected chi connectivity index (χ3v) is 3.12. The topological polar surface area (TPSA) is 44.4 Å². The standard InChI is InChI=1S/C13H19N3O/c1-3-16(2)13(17)15-11-6-7-12-10(9-11)5-4-8-14-12/h6-7,9,14H,3-5,8H2,1-2H3,(H,15,17). The first kappa shape index (κ1) is 11.8. The fourth-order valence-electron chi connectivity index (χ4n) is 1.92. The van der Waals surface area contributed by atoms with Crippen LogP contribution in [0.4, 0.5) is 16.2 Å². The average Bonchev–Trinajstić information content (AvgIpc) is 2.37. The Morgan fingerprint density at radius 1 is 1.53 bits per heavy atom. The van der Waals surface area contributed by atoms with Gasteiger partial charge in [-0.2, -0.15) is 0 Å². The van der Waals surface area contributed by atoms with Gasteiger partial charge in [0, 0.05) is 31.5 Å². The van der Waals surface area contributed by atoms with Gasteiger partial charge in [-0.25, -0.2) is 4.79 Å². The Labute approximate surface area is 102 Å². The molecule has 0 atom stereocenters. The summed E-state index contributed by atoms with van der Waals surface area (Å²) in [6, 6.07) is 5.98. The van der Waals surface area contributed by atoms with Gasteiger partial charge in [0.1, 0.15) is 0 Å². The maximum absolute atomic E-state index is 11.7. The highest BCUT2D eigenvalue weighted by Crippen LogP contribution is 2.25. The average molecular weight is 233 g/mol. The van der Waals surface area contributed by atoms with Crippen LogP contribution < -0.4 is 10.6 Å². The number of fused-ring (bicyclic) bond motifs is 1. The summed E-state index contributed by atoms with van der Waals surface area (Å²) in [5.74, 6) is 0. The monoisotopic (exact) mass is 233 g/mol. The minimum atomic E-state index is -0.0591. The second-order valence-corrected chi connectivity index (χ2v) is 4.35. The van der Waals surface area contributed by atoms with Gasteiger partial charge in [-0.3, -0.25) is 0 Å². The molecular weight excluding hydrogens is 214 g/mol. The number of anilines is 2. The Morgan fingerprint density at radius 3 is 3.12 bits per heavy atom. The molecule has 4 heteroatoms. The van der Waals surface area contributed by atoms with Gasteiger partial charge in [0.25, 0.3) is 0 Å². The number of carbonyl (C=O) groups excluding carboxylic acids is 1. The molecule has 1 aliphatic rings. The molecule has 0 fully saturated rings. The normalized spacial score (nSPS) is 13.5. The third-order valence-electron chi connectivity index (χ3n) is 3.12. The van der Waals surface area contributed by atoms with Crippen LogP contribution in [0.3, 0.4) is 0 Å². The summed E-state index contributed by atoms with van der Waals surface area (Å²) < 4.78 is 0. The molecule has 17 heavy (non-hydrogen) atoms. The molecule has 0 radical (unpaired) electrons. The predicted molar refractivity (Wildman–Crippen MR) is 70.6 cm³/mol. The van der Waals surface area contributed by atoms with E-state index in [2.05, 4.69) is 16.7 Å². The van der Waals surface area contributed by atoms with E-state index >= 15 is 0 Å². The summed E-state index contributed by atoms with van der Waals surface area (Å²) in [5, 5.41) is 6.26. The molecule has 1 heterocycles. The number of carbonyl (C=O) groups is 1. The van der Waals surface area contributed by atoms with Gasteiger partial charge in [0.2, 0.25) is 0 Å². The molecule has 1 aromatic carbocycles. The summed E-state index contributed by atoms with van der Waals surface area (Å²) in [4.78, 5) is 13.4. The van der Waals surface area contributed by atoms with Gasteiger partial charge in [-0.05, 0) is 43.5 Å². The van der Waals surface area contributed by atoms with E-state index in [1.807, 2.05) is 19.1 Å². The molecule has 0 bridgehead atoms. The Hall–Kier alpha value is -1.71. The predicted octanol–water partition coefficient (Wildman–Crippen LogP) is 2.53. The lowest BCUT2D eigenvalue weighted by atomic mass is 10.0. The molecule has 4 nitrogen and oxygen atoms in total. The van der Waals surface area contributed by atoms with Crippen molar-refractivity contribution in [1.29, 1.82) is 0 Å². The van der Waals surface area contributed by atoms with Crippen molar-refractivity contribution in [2.45, 2.75) is 19.8 Å². The highest BCUT2D eigenvalue weighted by Gasteiger charge is 2.11. The number of amides is 2. The van der Waals surface area contributed by atoms with E-state index in [0.29, 0.717) is 6.54 Å². The Balaban J connectivity index is 2.09. The lowest BCUT2D eigenvalue weighted by molar-refractivity contribution is 0.224. The number of hydrogen-bond acceptors (Lipinski definition) is 2. The number of nitrogens with zero attached hydrogens (tertiary/aromatic N) is 1. The molecule has 2 N–H and O–H groups in total. The summed E-state index contributed by atoms with van der Waals surface area (Å²) >= 11 is 0. The van der Waals surface area contributed by atoms with Crippen molar-refractivity contribution in [2.75, 3.05) is 30.8 Å². The fraction of sp³-hybridized carbons (Fsp3) is 0.462. The lowest BCUT2D eigenvalue weighted by Gasteiger charge is -2.20. The highest BCUT2D eigenvalue weighted by molar-refractivity contribution is 5.89. The van der Waals surface area contributed by atoms with Gasteiger partial charge >= 0.3 is 6.03 Å². The van der Waals surface area contributed by atoms with Crippen LogP contribution in [0.25, 0.3) is 0 Å². The molecule has 0 aliphatic carbocycles. The number of benzene rings is 1. The van der Waals surface area contributed by atoms with Gasteiger partial charge in [-0.15, -0.1) is 0 Å². The molecule has 2 rings (SSSR count). The van der Waals surface area contributed by atoms with E-state index in [-0.39, 0.29) is 6.03 Å². The van der Waals surface area contributed by atoms with Crippen molar-refractivity contribution >= 4 is 17.4 Å². The molecule has 0 aromatic heterocycles. The summed E-state index contributed by atoms with van der Waals surface area (Å²) in [7, 11) is 1.79. The molecule has 92 valence electrons. The molecular formula is C13H19N3O. The Morgan fingerprint density at radius 2 is 2.35 bits per heavy atom. The maximum atomic E-state index is 11.7. The number of urea groups is 1. The van der Waals surface area contributed by atoms with Gasteiger partial charge < -0.3 is 15.5 Å². The van der Waals surface area contributed by atoms with Crippen LogP contribution in [0.2, 0.25) is 0 Å². The largest absolute Gasteiger partial charge is 0.385 e. The van der Waals surface area contributed by atoms with Crippen molar-refractivity contribution in [1.82, 2.24) is 4.90 Å². The summed E-state index contributed by atoms with van der Waals surface area (Å²) in [6.45, 7) is 3.70. The molecule has 1 aromatic rings.